The largest absolute Gasteiger partial charge is 0.507 e. The first-order valence-electron chi connectivity index (χ1n) is 10.8. The van der Waals surface area contributed by atoms with Crippen molar-refractivity contribution in [3.05, 3.63) is 57.3 Å². The van der Waals surface area contributed by atoms with Gasteiger partial charge < -0.3 is 15.0 Å². The van der Waals surface area contributed by atoms with Gasteiger partial charge in [0.25, 0.3) is 5.56 Å². The highest BCUT2D eigenvalue weighted by Crippen LogP contribution is 2.42. The van der Waals surface area contributed by atoms with Crippen LogP contribution in [0.1, 0.15) is 12.0 Å². The molecule has 35 heavy (non-hydrogen) atoms. The maximum atomic E-state index is 13.5. The van der Waals surface area contributed by atoms with Crippen molar-refractivity contribution >= 4 is 51.8 Å². The van der Waals surface area contributed by atoms with Crippen LogP contribution in [0.5, 0.6) is 5.75 Å². The number of benzene rings is 2. The molecule has 11 heteroatoms. The third-order valence-electron chi connectivity index (χ3n) is 5.71. The van der Waals surface area contributed by atoms with Crippen molar-refractivity contribution in [3.8, 4) is 16.9 Å². The van der Waals surface area contributed by atoms with E-state index in [1.54, 1.807) is 0 Å². The first-order valence-corrected chi connectivity index (χ1v) is 13.4. The van der Waals surface area contributed by atoms with E-state index in [1.807, 2.05) is 11.8 Å². The number of fused-ring (bicyclic) bond motifs is 1. The van der Waals surface area contributed by atoms with Gasteiger partial charge in [0, 0.05) is 64.6 Å². The summed E-state index contributed by atoms with van der Waals surface area (Å²) in [4.78, 5) is 30.5. The number of thioether (sulfide) groups is 2. The monoisotopic (exact) mass is 542 g/mol. The summed E-state index contributed by atoms with van der Waals surface area (Å²) in [6, 6.07) is 7.14. The Morgan fingerprint density at radius 3 is 2.63 bits per heavy atom. The van der Waals surface area contributed by atoms with E-state index in [2.05, 4.69) is 9.88 Å². The van der Waals surface area contributed by atoms with Gasteiger partial charge in [-0.2, -0.15) is 24.9 Å². The van der Waals surface area contributed by atoms with Gasteiger partial charge in [-0.3, -0.25) is 9.59 Å². The number of ketones is 1. The number of Topliss-reactive ketones (excluding diaryl/α,β-unsaturated/α-hetero) is 1. The normalized spacial score (nSPS) is 15.0. The molecule has 2 aromatic carbocycles. The SMILES string of the molecule is O=C(CCN1CCSCC1)CSc1c(-c2cc(Cl)ccc2O)c2cc(C(F)(F)F)ccc2[nH]c1=O. The molecule has 186 valence electrons. The Bertz CT molecular complexity index is 1310. The van der Waals surface area contributed by atoms with Crippen molar-refractivity contribution in [2.24, 2.45) is 0 Å². The van der Waals surface area contributed by atoms with Gasteiger partial charge in [-0.1, -0.05) is 11.6 Å². The number of hydrogen-bond donors (Lipinski definition) is 2. The molecule has 0 saturated carbocycles. The lowest BCUT2D eigenvalue weighted by Gasteiger charge is -2.25. The van der Waals surface area contributed by atoms with Crippen molar-refractivity contribution in [2.75, 3.05) is 36.9 Å². The molecular weight excluding hydrogens is 521 g/mol. The summed E-state index contributed by atoms with van der Waals surface area (Å²) in [7, 11) is 0. The number of carbonyl (C=O) groups is 1. The number of hydrogen-bond acceptors (Lipinski definition) is 6. The topological polar surface area (TPSA) is 73.4 Å². The first kappa shape index (κ1) is 25.9. The van der Waals surface area contributed by atoms with E-state index >= 15 is 0 Å². The van der Waals surface area contributed by atoms with Gasteiger partial charge in [-0.05, 0) is 36.4 Å². The Morgan fingerprint density at radius 2 is 1.91 bits per heavy atom. The lowest BCUT2D eigenvalue weighted by molar-refractivity contribution is -0.137. The van der Waals surface area contributed by atoms with Crippen LogP contribution in [0.3, 0.4) is 0 Å². The summed E-state index contributed by atoms with van der Waals surface area (Å²) in [5, 5.41) is 10.9. The molecule has 0 radical (unpaired) electrons. The highest BCUT2D eigenvalue weighted by atomic mass is 35.5. The molecule has 3 aromatic rings. The number of phenolic OH excluding ortho intramolecular Hbond substituents is 1. The molecule has 0 spiro atoms. The lowest BCUT2D eigenvalue weighted by Crippen LogP contribution is -2.34. The lowest BCUT2D eigenvalue weighted by atomic mass is 9.98. The second-order valence-corrected chi connectivity index (χ2v) is 10.8. The Morgan fingerprint density at radius 1 is 1.17 bits per heavy atom. The molecule has 1 aliphatic heterocycles. The zero-order valence-electron chi connectivity index (χ0n) is 18.5. The zero-order valence-corrected chi connectivity index (χ0v) is 20.8. The number of H-pyrrole nitrogens is 1. The van der Waals surface area contributed by atoms with Crippen LogP contribution < -0.4 is 5.56 Å². The maximum Gasteiger partial charge on any atom is 0.416 e. The van der Waals surface area contributed by atoms with Crippen LogP contribution in [0.25, 0.3) is 22.0 Å². The summed E-state index contributed by atoms with van der Waals surface area (Å²) in [6.45, 7) is 2.48. The molecule has 2 N–H and O–H groups in total. The molecule has 0 atom stereocenters. The highest BCUT2D eigenvalue weighted by molar-refractivity contribution is 8.00. The molecule has 1 saturated heterocycles. The summed E-state index contributed by atoms with van der Waals surface area (Å²) in [5.74, 6) is 1.72. The smallest absolute Gasteiger partial charge is 0.416 e. The second kappa shape index (κ2) is 10.9. The Labute approximate surface area is 213 Å². The molecule has 4 rings (SSSR count). The highest BCUT2D eigenvalue weighted by Gasteiger charge is 2.31. The van der Waals surface area contributed by atoms with Gasteiger partial charge in [0.1, 0.15) is 11.5 Å². The van der Waals surface area contributed by atoms with Crippen LogP contribution in [0.4, 0.5) is 13.2 Å². The fourth-order valence-corrected chi connectivity index (χ4v) is 6.04. The maximum absolute atomic E-state index is 13.5. The number of phenols is 1. The standard InChI is InChI=1S/C24H22ClF3N2O3S2/c25-15-2-4-20(32)18(12-15)21-17-11-14(24(26,27)28)1-3-19(17)29-23(33)22(21)35-13-16(31)5-6-30-7-9-34-10-8-30/h1-4,11-12,32H,5-10,13H2,(H,29,33). The summed E-state index contributed by atoms with van der Waals surface area (Å²) >= 11 is 8.94. The summed E-state index contributed by atoms with van der Waals surface area (Å²) in [5.41, 5.74) is -1.05. The fourth-order valence-electron chi connectivity index (χ4n) is 3.90. The fraction of sp³-hybridized carbons (Fsp3) is 0.333. The molecule has 5 nitrogen and oxygen atoms in total. The van der Waals surface area contributed by atoms with E-state index in [-0.39, 0.29) is 49.2 Å². The Hall–Kier alpha value is -2.14. The predicted molar refractivity (Wildman–Crippen MR) is 136 cm³/mol. The quantitative estimate of drug-likeness (QED) is 0.375. The molecule has 0 unspecified atom stereocenters. The number of aromatic hydroxyl groups is 1. The van der Waals surface area contributed by atoms with E-state index < -0.39 is 17.3 Å². The van der Waals surface area contributed by atoms with E-state index in [0.29, 0.717) is 13.0 Å². The van der Waals surface area contributed by atoms with E-state index in [9.17, 15) is 27.9 Å². The second-order valence-electron chi connectivity index (χ2n) is 8.11. The van der Waals surface area contributed by atoms with Crippen LogP contribution >= 0.6 is 35.1 Å². The van der Waals surface area contributed by atoms with E-state index in [1.165, 1.54) is 24.3 Å². The van der Waals surface area contributed by atoms with Gasteiger partial charge in [0.15, 0.2) is 0 Å². The number of carbonyl (C=O) groups excluding carboxylic acids is 1. The van der Waals surface area contributed by atoms with Crippen LogP contribution in [-0.4, -0.2) is 57.7 Å². The molecule has 0 amide bonds. The van der Waals surface area contributed by atoms with Gasteiger partial charge in [0.05, 0.1) is 16.2 Å². The molecule has 1 aromatic heterocycles. The minimum Gasteiger partial charge on any atom is -0.507 e. The molecule has 0 aliphatic carbocycles. The summed E-state index contributed by atoms with van der Waals surface area (Å²) in [6.07, 6.45) is -4.28. The zero-order chi connectivity index (χ0) is 25.2. The number of aromatic nitrogens is 1. The molecule has 1 aliphatic rings. The third kappa shape index (κ3) is 6.17. The average Bonchev–Trinajstić information content (AvgIpc) is 2.82. The van der Waals surface area contributed by atoms with Gasteiger partial charge in [0.2, 0.25) is 0 Å². The third-order valence-corrected chi connectivity index (χ3v) is 8.04. The number of nitrogens with zero attached hydrogens (tertiary/aromatic N) is 1. The van der Waals surface area contributed by atoms with Gasteiger partial charge >= 0.3 is 6.18 Å². The number of rotatable bonds is 7. The van der Waals surface area contributed by atoms with E-state index in [0.717, 1.165) is 48.5 Å². The van der Waals surface area contributed by atoms with Crippen molar-refractivity contribution in [1.29, 1.82) is 0 Å². The Balaban J connectivity index is 1.72. The molecule has 1 fully saturated rings. The van der Waals surface area contributed by atoms with Crippen molar-refractivity contribution in [1.82, 2.24) is 9.88 Å². The minimum atomic E-state index is -4.60. The van der Waals surface area contributed by atoms with E-state index in [4.69, 9.17) is 11.6 Å². The van der Waals surface area contributed by atoms with Crippen LogP contribution in [0.2, 0.25) is 5.02 Å². The average molecular weight is 543 g/mol. The molecule has 0 bridgehead atoms. The number of alkyl halides is 3. The van der Waals surface area contributed by atoms with Crippen LogP contribution in [-0.2, 0) is 11.0 Å². The first-order chi connectivity index (χ1) is 16.6. The Kier molecular flexibility index (Phi) is 8.05. The minimum absolute atomic E-state index is 0.0233. The number of pyridine rings is 1. The van der Waals surface area contributed by atoms with Crippen molar-refractivity contribution in [2.45, 2.75) is 17.5 Å². The predicted octanol–water partition coefficient (Wildman–Crippen LogP) is 5.67. The number of aromatic amines is 1. The molecule has 2 heterocycles. The number of halogens is 4. The summed E-state index contributed by atoms with van der Waals surface area (Å²) < 4.78 is 40.4. The molecular formula is C24H22ClF3N2O3S2. The van der Waals surface area contributed by atoms with Crippen LogP contribution in [0.15, 0.2) is 46.1 Å². The number of nitrogens with one attached hydrogen (secondary N) is 1. The van der Waals surface area contributed by atoms with Crippen molar-refractivity contribution < 1.29 is 23.1 Å². The van der Waals surface area contributed by atoms with Gasteiger partial charge in [-0.15, -0.1) is 11.8 Å². The van der Waals surface area contributed by atoms with Crippen molar-refractivity contribution in [3.63, 3.8) is 0 Å². The van der Waals surface area contributed by atoms with Gasteiger partial charge in [-0.25, -0.2) is 0 Å². The van der Waals surface area contributed by atoms with Crippen LogP contribution in [0, 0.1) is 0 Å².